The van der Waals surface area contributed by atoms with E-state index in [1.54, 1.807) is 11.0 Å². The molecule has 1 aromatic heterocycles. The van der Waals surface area contributed by atoms with E-state index in [9.17, 15) is 9.59 Å². The molecular weight excluding hydrogens is 366 g/mol. The molecule has 1 aliphatic rings. The molecule has 7 nitrogen and oxygen atoms in total. The molecule has 2 heterocycles. The Morgan fingerprint density at radius 3 is 2.07 bits per heavy atom. The van der Waals surface area contributed by atoms with Gasteiger partial charge in [0.1, 0.15) is 0 Å². The second kappa shape index (κ2) is 9.03. The molecule has 1 aliphatic heterocycles. The van der Waals surface area contributed by atoms with Crippen LogP contribution < -0.4 is 10.2 Å². The number of hydrogen-bond donors (Lipinski definition) is 1. The van der Waals surface area contributed by atoms with Crippen LogP contribution in [-0.2, 0) is 4.79 Å². The molecule has 1 aromatic carbocycles. The molecule has 0 radical (unpaired) electrons. The van der Waals surface area contributed by atoms with Crippen molar-refractivity contribution in [3.63, 3.8) is 0 Å². The van der Waals surface area contributed by atoms with Crippen molar-refractivity contribution in [1.29, 1.82) is 0 Å². The molecule has 2 aromatic rings. The number of carbonyl (C=O) groups is 2. The predicted octanol–water partition coefficient (Wildman–Crippen LogP) is 3.25. The van der Waals surface area contributed by atoms with Crippen LogP contribution in [0.15, 0.2) is 30.3 Å². The summed E-state index contributed by atoms with van der Waals surface area (Å²) in [7, 11) is 0. The molecule has 0 bridgehead atoms. The highest BCUT2D eigenvalue weighted by Gasteiger charge is 2.20. The van der Waals surface area contributed by atoms with Crippen molar-refractivity contribution in [3.8, 4) is 0 Å². The molecule has 1 N–H and O–H groups in total. The van der Waals surface area contributed by atoms with Crippen LogP contribution in [0.1, 0.15) is 61.1 Å². The van der Waals surface area contributed by atoms with Crippen molar-refractivity contribution in [2.24, 2.45) is 0 Å². The zero-order valence-corrected chi connectivity index (χ0v) is 17.6. The van der Waals surface area contributed by atoms with Gasteiger partial charge in [0.2, 0.25) is 6.41 Å². The van der Waals surface area contributed by atoms with Gasteiger partial charge in [-0.3, -0.25) is 9.59 Å². The van der Waals surface area contributed by atoms with Gasteiger partial charge in [0, 0.05) is 31.9 Å². The van der Waals surface area contributed by atoms with Crippen molar-refractivity contribution in [3.05, 3.63) is 47.2 Å². The van der Waals surface area contributed by atoms with Crippen LogP contribution in [0.25, 0.3) is 0 Å². The molecule has 1 saturated heterocycles. The second-order valence-electron chi connectivity index (χ2n) is 7.98. The molecule has 0 unspecified atom stereocenters. The third-order valence-corrected chi connectivity index (χ3v) is 5.28. The molecule has 29 heavy (non-hydrogen) atoms. The van der Waals surface area contributed by atoms with Crippen LogP contribution >= 0.6 is 0 Å². The Kier molecular flexibility index (Phi) is 6.46. The van der Waals surface area contributed by atoms with Gasteiger partial charge in [0.05, 0.1) is 0 Å². The fourth-order valence-electron chi connectivity index (χ4n) is 3.54. The van der Waals surface area contributed by atoms with Gasteiger partial charge in [-0.25, -0.2) is 0 Å². The summed E-state index contributed by atoms with van der Waals surface area (Å²) in [5.41, 5.74) is 3.39. The third kappa shape index (κ3) is 4.72. The summed E-state index contributed by atoms with van der Waals surface area (Å²) in [4.78, 5) is 27.5. The van der Waals surface area contributed by atoms with Crippen LogP contribution in [0.4, 0.5) is 11.5 Å². The molecule has 7 heteroatoms. The highest BCUT2D eigenvalue weighted by molar-refractivity contribution is 6.03. The normalized spacial score (nSPS) is 14.4. The number of amides is 2. The topological polar surface area (TPSA) is 78.4 Å². The van der Waals surface area contributed by atoms with Crippen LogP contribution in [0.3, 0.4) is 0 Å². The lowest BCUT2D eigenvalue weighted by molar-refractivity contribution is -0.118. The number of piperazine rings is 1. The smallest absolute Gasteiger partial charge is 0.276 e. The van der Waals surface area contributed by atoms with Crippen LogP contribution in [-0.4, -0.2) is 53.6 Å². The number of aromatic nitrogens is 2. The largest absolute Gasteiger partial charge is 0.352 e. The molecule has 154 valence electrons. The molecular formula is C22H29N5O2. The van der Waals surface area contributed by atoms with E-state index in [0.717, 1.165) is 29.0 Å². The zero-order valence-electron chi connectivity index (χ0n) is 17.6. The Labute approximate surface area is 172 Å². The fourth-order valence-corrected chi connectivity index (χ4v) is 3.54. The number of para-hydroxylation sites is 1. The molecule has 2 amide bonds. The molecule has 0 saturated carbocycles. The Morgan fingerprint density at radius 2 is 1.59 bits per heavy atom. The van der Waals surface area contributed by atoms with Crippen LogP contribution in [0, 0.1) is 0 Å². The second-order valence-corrected chi connectivity index (χ2v) is 7.98. The van der Waals surface area contributed by atoms with Gasteiger partial charge in [-0.1, -0.05) is 45.9 Å². The van der Waals surface area contributed by atoms with E-state index in [1.807, 2.05) is 12.1 Å². The van der Waals surface area contributed by atoms with Gasteiger partial charge < -0.3 is 15.1 Å². The Morgan fingerprint density at radius 1 is 0.966 bits per heavy atom. The summed E-state index contributed by atoms with van der Waals surface area (Å²) in [6.45, 7) is 11.2. The quantitative estimate of drug-likeness (QED) is 0.760. The number of rotatable bonds is 6. The van der Waals surface area contributed by atoms with E-state index in [0.29, 0.717) is 38.0 Å². The fraction of sp³-hybridized carbons (Fsp3) is 0.455. The Bertz CT molecular complexity index is 830. The lowest BCUT2D eigenvalue weighted by atomic mass is 9.92. The predicted molar refractivity (Wildman–Crippen MR) is 114 cm³/mol. The Balaban J connectivity index is 1.76. The minimum absolute atomic E-state index is 0.259. The van der Waals surface area contributed by atoms with Gasteiger partial charge >= 0.3 is 0 Å². The first-order chi connectivity index (χ1) is 13.9. The summed E-state index contributed by atoms with van der Waals surface area (Å²) in [6, 6.07) is 9.67. The van der Waals surface area contributed by atoms with Gasteiger partial charge in [0.15, 0.2) is 11.5 Å². The zero-order chi connectivity index (χ0) is 21.0. The molecule has 1 fully saturated rings. The van der Waals surface area contributed by atoms with E-state index in [1.165, 1.54) is 0 Å². The minimum atomic E-state index is -0.259. The third-order valence-electron chi connectivity index (χ3n) is 5.28. The van der Waals surface area contributed by atoms with Gasteiger partial charge in [-0.15, -0.1) is 10.2 Å². The Hall–Kier alpha value is -2.96. The maximum absolute atomic E-state index is 12.9. The van der Waals surface area contributed by atoms with Crippen molar-refractivity contribution in [1.82, 2.24) is 15.1 Å². The first-order valence-corrected chi connectivity index (χ1v) is 10.1. The standard InChI is InChI=1S/C22H29N5O2/c1-15(2)17-6-5-7-18(16(3)4)21(17)23-22(29)19-8-9-20(25-24-19)27-12-10-26(14-28)11-13-27/h5-9,14-16H,10-13H2,1-4H3,(H,23,29). The maximum Gasteiger partial charge on any atom is 0.276 e. The van der Waals surface area contributed by atoms with E-state index < -0.39 is 0 Å². The molecule has 0 aliphatic carbocycles. The van der Waals surface area contributed by atoms with E-state index in [2.05, 4.69) is 60.2 Å². The minimum Gasteiger partial charge on any atom is -0.352 e. The van der Waals surface area contributed by atoms with E-state index in [-0.39, 0.29) is 11.6 Å². The van der Waals surface area contributed by atoms with Gasteiger partial charge in [-0.05, 0) is 35.1 Å². The lowest BCUT2D eigenvalue weighted by Gasteiger charge is -2.32. The SMILES string of the molecule is CC(C)c1cccc(C(C)C)c1NC(=O)c1ccc(N2CCN(C=O)CC2)nn1. The first-order valence-electron chi connectivity index (χ1n) is 10.1. The van der Waals surface area contributed by atoms with Gasteiger partial charge in [0.25, 0.3) is 5.91 Å². The maximum atomic E-state index is 12.9. The number of carbonyl (C=O) groups excluding carboxylic acids is 2. The van der Waals surface area contributed by atoms with Crippen molar-refractivity contribution in [2.75, 3.05) is 36.4 Å². The van der Waals surface area contributed by atoms with Crippen LogP contribution in [0.2, 0.25) is 0 Å². The summed E-state index contributed by atoms with van der Waals surface area (Å²) in [5.74, 6) is 1.05. The average Bonchev–Trinajstić information content (AvgIpc) is 2.73. The molecule has 0 atom stereocenters. The first kappa shape index (κ1) is 20.8. The highest BCUT2D eigenvalue weighted by atomic mass is 16.2. The summed E-state index contributed by atoms with van der Waals surface area (Å²) >= 11 is 0. The molecule has 3 rings (SSSR count). The summed E-state index contributed by atoms with van der Waals surface area (Å²) < 4.78 is 0. The number of anilines is 2. The number of nitrogens with zero attached hydrogens (tertiary/aromatic N) is 4. The molecule has 0 spiro atoms. The van der Waals surface area contributed by atoms with Crippen LogP contribution in [0.5, 0.6) is 0 Å². The van der Waals surface area contributed by atoms with Gasteiger partial charge in [-0.2, -0.15) is 0 Å². The van der Waals surface area contributed by atoms with Crippen molar-refractivity contribution in [2.45, 2.75) is 39.5 Å². The average molecular weight is 396 g/mol. The van der Waals surface area contributed by atoms with Crippen molar-refractivity contribution >= 4 is 23.8 Å². The number of benzene rings is 1. The van der Waals surface area contributed by atoms with E-state index in [4.69, 9.17) is 0 Å². The monoisotopic (exact) mass is 395 g/mol. The number of nitrogens with one attached hydrogen (secondary N) is 1. The van der Waals surface area contributed by atoms with Crippen molar-refractivity contribution < 1.29 is 9.59 Å². The summed E-state index contributed by atoms with van der Waals surface area (Å²) in [6.07, 6.45) is 0.872. The van der Waals surface area contributed by atoms with E-state index >= 15 is 0 Å². The number of hydrogen-bond acceptors (Lipinski definition) is 5. The summed E-state index contributed by atoms with van der Waals surface area (Å²) in [5, 5.41) is 11.5. The highest BCUT2D eigenvalue weighted by Crippen LogP contribution is 2.32. The lowest BCUT2D eigenvalue weighted by Crippen LogP contribution is -2.46.